The van der Waals surface area contributed by atoms with Gasteiger partial charge in [-0.1, -0.05) is 35.9 Å². The van der Waals surface area contributed by atoms with E-state index in [2.05, 4.69) is 10.4 Å². The number of carboxylic acids is 1. The van der Waals surface area contributed by atoms with Crippen LogP contribution in [0, 0.1) is 0 Å². The lowest BCUT2D eigenvalue weighted by atomic mass is 10.1. The van der Waals surface area contributed by atoms with Crippen molar-refractivity contribution < 1.29 is 24.2 Å². The molecule has 9 heteroatoms. The first-order valence-corrected chi connectivity index (χ1v) is 10.5. The third-order valence-corrected chi connectivity index (χ3v) is 5.65. The van der Waals surface area contributed by atoms with Crippen molar-refractivity contribution >= 4 is 34.4 Å². The van der Waals surface area contributed by atoms with Crippen molar-refractivity contribution in [3.05, 3.63) is 88.1 Å². The van der Waals surface area contributed by atoms with E-state index in [-0.39, 0.29) is 24.8 Å². The molecule has 1 aromatic heterocycles. The van der Waals surface area contributed by atoms with Gasteiger partial charge in [0.15, 0.2) is 11.5 Å². The number of carboxylic acid groups (broad SMARTS) is 1. The average Bonchev–Trinajstić information content (AvgIpc) is 3.45. The van der Waals surface area contributed by atoms with Gasteiger partial charge < -0.3 is 19.9 Å². The number of halogens is 1. The van der Waals surface area contributed by atoms with Crippen molar-refractivity contribution in [2.24, 2.45) is 0 Å². The Morgan fingerprint density at radius 2 is 1.79 bits per heavy atom. The van der Waals surface area contributed by atoms with Crippen molar-refractivity contribution in [3.8, 4) is 11.5 Å². The largest absolute Gasteiger partial charge is 0.478 e. The highest BCUT2D eigenvalue weighted by atomic mass is 35.5. The first-order valence-electron chi connectivity index (χ1n) is 10.1. The lowest BCUT2D eigenvalue weighted by Crippen LogP contribution is -2.23. The number of amides is 1. The SMILES string of the molecule is O=C(O)c1ccc(CNC(=O)c2cc3c(c4cnn(Cc5ccc(Cl)cc5)c24)OCO3)cc1. The summed E-state index contributed by atoms with van der Waals surface area (Å²) in [4.78, 5) is 24.2. The highest BCUT2D eigenvalue weighted by Crippen LogP contribution is 2.41. The Labute approximate surface area is 193 Å². The van der Waals surface area contributed by atoms with Crippen molar-refractivity contribution in [2.75, 3.05) is 6.79 Å². The summed E-state index contributed by atoms with van der Waals surface area (Å²) in [5.74, 6) is -0.251. The van der Waals surface area contributed by atoms with E-state index >= 15 is 0 Å². The van der Waals surface area contributed by atoms with Crippen molar-refractivity contribution in [2.45, 2.75) is 13.1 Å². The van der Waals surface area contributed by atoms with E-state index in [1.54, 1.807) is 41.2 Å². The molecule has 2 heterocycles. The Morgan fingerprint density at radius 3 is 2.52 bits per heavy atom. The molecule has 1 aliphatic heterocycles. The fourth-order valence-corrected chi connectivity index (χ4v) is 3.87. The van der Waals surface area contributed by atoms with Crippen LogP contribution in [0.2, 0.25) is 5.02 Å². The van der Waals surface area contributed by atoms with Gasteiger partial charge in [-0.15, -0.1) is 0 Å². The van der Waals surface area contributed by atoms with Crippen LogP contribution in [0.1, 0.15) is 31.8 Å². The summed E-state index contributed by atoms with van der Waals surface area (Å²) in [5.41, 5.74) is 2.98. The molecule has 0 aliphatic carbocycles. The maximum atomic E-state index is 13.2. The third-order valence-electron chi connectivity index (χ3n) is 5.40. The number of nitrogens with one attached hydrogen (secondary N) is 1. The first-order chi connectivity index (χ1) is 16.0. The second-order valence-electron chi connectivity index (χ2n) is 7.53. The van der Waals surface area contributed by atoms with Crippen LogP contribution in [-0.4, -0.2) is 33.6 Å². The normalized spacial score (nSPS) is 12.2. The van der Waals surface area contributed by atoms with Gasteiger partial charge in [0.2, 0.25) is 6.79 Å². The zero-order valence-electron chi connectivity index (χ0n) is 17.2. The predicted molar refractivity (Wildman–Crippen MR) is 121 cm³/mol. The second-order valence-corrected chi connectivity index (χ2v) is 7.97. The number of carbonyl (C=O) groups excluding carboxylic acids is 1. The van der Waals surface area contributed by atoms with Gasteiger partial charge in [0.25, 0.3) is 5.91 Å². The van der Waals surface area contributed by atoms with Gasteiger partial charge in [0.05, 0.1) is 34.8 Å². The van der Waals surface area contributed by atoms with Crippen LogP contribution in [0.5, 0.6) is 11.5 Å². The molecule has 5 rings (SSSR count). The smallest absolute Gasteiger partial charge is 0.335 e. The molecule has 0 saturated heterocycles. The zero-order valence-corrected chi connectivity index (χ0v) is 18.0. The summed E-state index contributed by atoms with van der Waals surface area (Å²) < 4.78 is 12.9. The molecule has 0 radical (unpaired) electrons. The van der Waals surface area contributed by atoms with E-state index in [9.17, 15) is 9.59 Å². The topological polar surface area (TPSA) is 103 Å². The van der Waals surface area contributed by atoms with Gasteiger partial charge >= 0.3 is 5.97 Å². The Bertz CT molecular complexity index is 1360. The number of hydrogen-bond donors (Lipinski definition) is 2. The van der Waals surface area contributed by atoms with E-state index < -0.39 is 5.97 Å². The maximum Gasteiger partial charge on any atom is 0.335 e. The number of ether oxygens (including phenoxy) is 2. The fourth-order valence-electron chi connectivity index (χ4n) is 3.74. The van der Waals surface area contributed by atoms with Gasteiger partial charge in [-0.3, -0.25) is 9.48 Å². The Morgan fingerprint density at radius 1 is 1.06 bits per heavy atom. The minimum atomic E-state index is -0.998. The lowest BCUT2D eigenvalue weighted by Gasteiger charge is -2.11. The summed E-state index contributed by atoms with van der Waals surface area (Å²) >= 11 is 5.99. The number of carbonyl (C=O) groups is 2. The molecule has 0 saturated carbocycles. The number of aromatic nitrogens is 2. The molecular formula is C24H18ClN3O5. The number of rotatable bonds is 6. The quantitative estimate of drug-likeness (QED) is 0.446. The van der Waals surface area contributed by atoms with Crippen LogP contribution in [0.25, 0.3) is 10.9 Å². The number of nitrogens with zero attached hydrogens (tertiary/aromatic N) is 2. The molecule has 166 valence electrons. The summed E-state index contributed by atoms with van der Waals surface area (Å²) in [6, 6.07) is 15.4. The van der Waals surface area contributed by atoms with E-state index in [0.29, 0.717) is 39.5 Å². The van der Waals surface area contributed by atoms with Crippen molar-refractivity contribution in [1.29, 1.82) is 0 Å². The van der Waals surface area contributed by atoms with Crippen LogP contribution in [-0.2, 0) is 13.1 Å². The summed E-state index contributed by atoms with van der Waals surface area (Å²) in [6.45, 7) is 0.755. The molecule has 0 bridgehead atoms. The third kappa shape index (κ3) is 4.08. The molecule has 1 amide bonds. The highest BCUT2D eigenvalue weighted by molar-refractivity contribution is 6.30. The molecule has 0 fully saturated rings. The Kier molecular flexibility index (Phi) is 5.35. The van der Waals surface area contributed by atoms with E-state index in [1.165, 1.54) is 12.1 Å². The average molecular weight is 464 g/mol. The maximum absolute atomic E-state index is 13.2. The second kappa shape index (κ2) is 8.48. The Balaban J connectivity index is 1.46. The summed E-state index contributed by atoms with van der Waals surface area (Å²) in [6.07, 6.45) is 1.67. The van der Waals surface area contributed by atoms with Gasteiger partial charge in [-0.05, 0) is 41.5 Å². The van der Waals surface area contributed by atoms with Gasteiger partial charge in [0.1, 0.15) is 0 Å². The van der Waals surface area contributed by atoms with Crippen LogP contribution < -0.4 is 14.8 Å². The number of hydrogen-bond acceptors (Lipinski definition) is 5. The standard InChI is InChI=1S/C24H18ClN3O5/c25-17-7-3-15(4-8-17)12-28-21-18(9-20-22(33-13-32-20)19(21)11-27-28)23(29)26-10-14-1-5-16(6-2-14)24(30)31/h1-9,11H,10,12-13H2,(H,26,29)(H,30,31). The van der Waals surface area contributed by atoms with E-state index in [4.69, 9.17) is 26.2 Å². The predicted octanol–water partition coefficient (Wildman–Crippen LogP) is 4.09. The monoisotopic (exact) mass is 463 g/mol. The first kappa shape index (κ1) is 20.8. The molecule has 4 aromatic rings. The summed E-state index contributed by atoms with van der Waals surface area (Å²) in [7, 11) is 0. The van der Waals surface area contributed by atoms with Crippen LogP contribution >= 0.6 is 11.6 Å². The molecule has 3 aromatic carbocycles. The van der Waals surface area contributed by atoms with Crippen molar-refractivity contribution in [1.82, 2.24) is 15.1 Å². The molecule has 0 unspecified atom stereocenters. The molecule has 1 aliphatic rings. The van der Waals surface area contributed by atoms with E-state index in [1.807, 2.05) is 12.1 Å². The minimum Gasteiger partial charge on any atom is -0.478 e. The minimum absolute atomic E-state index is 0.0772. The molecule has 33 heavy (non-hydrogen) atoms. The van der Waals surface area contributed by atoms with Gasteiger partial charge in [-0.25, -0.2) is 4.79 Å². The number of aromatic carboxylic acids is 1. The highest BCUT2D eigenvalue weighted by Gasteiger charge is 2.25. The molecule has 0 atom stereocenters. The molecule has 0 spiro atoms. The fraction of sp³-hybridized carbons (Fsp3) is 0.125. The van der Waals surface area contributed by atoms with Gasteiger partial charge in [-0.2, -0.15) is 5.10 Å². The van der Waals surface area contributed by atoms with Gasteiger partial charge in [0, 0.05) is 11.6 Å². The van der Waals surface area contributed by atoms with Crippen LogP contribution in [0.3, 0.4) is 0 Å². The van der Waals surface area contributed by atoms with Crippen LogP contribution in [0.4, 0.5) is 0 Å². The number of fused-ring (bicyclic) bond motifs is 3. The molecule has 2 N–H and O–H groups in total. The molecule has 8 nitrogen and oxygen atoms in total. The number of benzene rings is 3. The van der Waals surface area contributed by atoms with Crippen LogP contribution in [0.15, 0.2) is 60.8 Å². The summed E-state index contributed by atoms with van der Waals surface area (Å²) in [5, 5.41) is 17.8. The Hall–Kier alpha value is -4.04. The zero-order chi connectivity index (χ0) is 22.9. The van der Waals surface area contributed by atoms with Crippen molar-refractivity contribution in [3.63, 3.8) is 0 Å². The lowest BCUT2D eigenvalue weighted by molar-refractivity contribution is 0.0696. The van der Waals surface area contributed by atoms with E-state index in [0.717, 1.165) is 11.1 Å². The molecular weight excluding hydrogens is 446 g/mol.